The van der Waals surface area contributed by atoms with Crippen molar-refractivity contribution >= 4 is 21.5 Å². The molecule has 0 spiro atoms. The summed E-state index contributed by atoms with van der Waals surface area (Å²) in [4.78, 5) is 6.93. The van der Waals surface area contributed by atoms with Gasteiger partial charge in [-0.2, -0.15) is 4.31 Å². The summed E-state index contributed by atoms with van der Waals surface area (Å²) in [5, 5.41) is 3.30. The van der Waals surface area contributed by atoms with Crippen molar-refractivity contribution in [1.29, 1.82) is 0 Å². The first-order chi connectivity index (χ1) is 13.6. The van der Waals surface area contributed by atoms with Gasteiger partial charge < -0.3 is 15.0 Å². The molecule has 1 fully saturated rings. The van der Waals surface area contributed by atoms with E-state index in [0.717, 1.165) is 19.5 Å². The lowest BCUT2D eigenvalue weighted by atomic mass is 10.1. The predicted octanol–water partition coefficient (Wildman–Crippen LogP) is 1.97. The van der Waals surface area contributed by atoms with Gasteiger partial charge in [0.05, 0.1) is 13.2 Å². The summed E-state index contributed by atoms with van der Waals surface area (Å²) in [6, 6.07) is 12.4. The summed E-state index contributed by atoms with van der Waals surface area (Å²) in [6.45, 7) is 5.49. The number of para-hydroxylation sites is 1. The third-order valence-electron chi connectivity index (χ3n) is 5.35. The zero-order valence-corrected chi connectivity index (χ0v) is 16.9. The van der Waals surface area contributed by atoms with Crippen LogP contribution < -0.4 is 10.2 Å². The van der Waals surface area contributed by atoms with Crippen LogP contribution in [0.3, 0.4) is 0 Å². The highest BCUT2D eigenvalue weighted by atomic mass is 32.2. The highest BCUT2D eigenvalue weighted by molar-refractivity contribution is 7.89. The van der Waals surface area contributed by atoms with Gasteiger partial charge in [-0.1, -0.05) is 18.2 Å². The molecule has 150 valence electrons. The quantitative estimate of drug-likeness (QED) is 0.796. The van der Waals surface area contributed by atoms with E-state index in [2.05, 4.69) is 46.4 Å². The number of morpholine rings is 1. The summed E-state index contributed by atoms with van der Waals surface area (Å²) < 4.78 is 32.0. The van der Waals surface area contributed by atoms with Crippen LogP contribution in [-0.2, 0) is 21.2 Å². The van der Waals surface area contributed by atoms with E-state index in [1.807, 2.05) is 0 Å². The normalized spacial score (nSPS) is 20.2. The molecule has 2 aromatic rings. The van der Waals surface area contributed by atoms with Gasteiger partial charge >= 0.3 is 0 Å². The molecule has 2 aliphatic heterocycles. The largest absolute Gasteiger partial charge is 0.379 e. The SMILES string of the molecule is CC1Cc2ccccc2N1CCNc1ccc(S(=O)(=O)N2CCOCC2)cn1. The molecule has 4 rings (SSSR count). The molecule has 0 bridgehead atoms. The Morgan fingerprint density at radius 3 is 2.71 bits per heavy atom. The second-order valence-corrected chi connectivity index (χ2v) is 9.14. The number of pyridine rings is 1. The summed E-state index contributed by atoms with van der Waals surface area (Å²) in [7, 11) is -3.50. The predicted molar refractivity (Wildman–Crippen MR) is 109 cm³/mol. The Balaban J connectivity index is 1.35. The molecule has 8 heteroatoms. The minimum absolute atomic E-state index is 0.224. The molecular weight excluding hydrogens is 376 g/mol. The van der Waals surface area contributed by atoms with Gasteiger partial charge in [-0.15, -0.1) is 0 Å². The Morgan fingerprint density at radius 2 is 1.96 bits per heavy atom. The molecule has 1 unspecified atom stereocenters. The van der Waals surface area contributed by atoms with Gasteiger partial charge in [-0.05, 0) is 37.1 Å². The van der Waals surface area contributed by atoms with Gasteiger partial charge in [0.2, 0.25) is 10.0 Å². The highest BCUT2D eigenvalue weighted by Gasteiger charge is 2.27. The molecule has 0 amide bonds. The van der Waals surface area contributed by atoms with E-state index in [1.54, 1.807) is 12.1 Å². The van der Waals surface area contributed by atoms with E-state index in [0.29, 0.717) is 38.2 Å². The Labute approximate surface area is 166 Å². The molecule has 1 N–H and O–H groups in total. The van der Waals surface area contributed by atoms with E-state index >= 15 is 0 Å². The van der Waals surface area contributed by atoms with Gasteiger partial charge in [0, 0.05) is 44.1 Å². The fourth-order valence-electron chi connectivity index (χ4n) is 3.85. The number of nitrogens with zero attached hydrogens (tertiary/aromatic N) is 3. The van der Waals surface area contributed by atoms with Crippen LogP contribution in [0.4, 0.5) is 11.5 Å². The standard InChI is InChI=1S/C20H26N4O3S/c1-16-14-17-4-2-3-5-19(17)24(16)9-8-21-20-7-6-18(15-22-20)28(25,26)23-10-12-27-13-11-23/h2-7,15-16H,8-14H2,1H3,(H,21,22). The fraction of sp³-hybridized carbons (Fsp3) is 0.450. The van der Waals surface area contributed by atoms with Gasteiger partial charge in [0.15, 0.2) is 0 Å². The first-order valence-corrected chi connectivity index (χ1v) is 11.1. The van der Waals surface area contributed by atoms with Crippen LogP contribution in [-0.4, -0.2) is 63.1 Å². The van der Waals surface area contributed by atoms with E-state index in [4.69, 9.17) is 4.74 Å². The Kier molecular flexibility index (Phi) is 5.52. The summed E-state index contributed by atoms with van der Waals surface area (Å²) in [5.41, 5.74) is 2.70. The molecular formula is C20H26N4O3S. The lowest BCUT2D eigenvalue weighted by Crippen LogP contribution is -2.40. The second kappa shape index (κ2) is 8.06. The number of ether oxygens (including phenoxy) is 1. The zero-order valence-electron chi connectivity index (χ0n) is 16.0. The number of benzene rings is 1. The molecule has 0 aliphatic carbocycles. The van der Waals surface area contributed by atoms with Crippen molar-refractivity contribution in [3.05, 3.63) is 48.2 Å². The number of fused-ring (bicyclic) bond motifs is 1. The van der Waals surface area contributed by atoms with Gasteiger partial charge in [-0.3, -0.25) is 0 Å². The molecule has 0 radical (unpaired) electrons. The number of rotatable bonds is 6. The molecule has 1 saturated heterocycles. The summed E-state index contributed by atoms with van der Waals surface area (Å²) in [5.74, 6) is 0.682. The van der Waals surface area contributed by atoms with E-state index in [1.165, 1.54) is 21.8 Å². The van der Waals surface area contributed by atoms with E-state index in [9.17, 15) is 8.42 Å². The first-order valence-electron chi connectivity index (χ1n) is 9.68. The van der Waals surface area contributed by atoms with E-state index < -0.39 is 10.0 Å². The van der Waals surface area contributed by atoms with Crippen molar-refractivity contribution in [1.82, 2.24) is 9.29 Å². The van der Waals surface area contributed by atoms with Crippen LogP contribution in [0.1, 0.15) is 12.5 Å². The van der Waals surface area contributed by atoms with Crippen LogP contribution in [0.5, 0.6) is 0 Å². The maximum absolute atomic E-state index is 12.6. The molecule has 28 heavy (non-hydrogen) atoms. The maximum Gasteiger partial charge on any atom is 0.244 e. The smallest absolute Gasteiger partial charge is 0.244 e. The molecule has 1 atom stereocenters. The van der Waals surface area contributed by atoms with E-state index in [-0.39, 0.29) is 4.90 Å². The zero-order chi connectivity index (χ0) is 19.6. The highest BCUT2D eigenvalue weighted by Crippen LogP contribution is 2.31. The number of hydrogen-bond donors (Lipinski definition) is 1. The Hall–Kier alpha value is -2.16. The molecule has 7 nitrogen and oxygen atoms in total. The van der Waals surface area contributed by atoms with Crippen molar-refractivity contribution in [3.63, 3.8) is 0 Å². The van der Waals surface area contributed by atoms with Crippen LogP contribution in [0.25, 0.3) is 0 Å². The third-order valence-corrected chi connectivity index (χ3v) is 7.23. The maximum atomic E-state index is 12.6. The van der Waals surface area contributed by atoms with Gasteiger partial charge in [-0.25, -0.2) is 13.4 Å². The second-order valence-electron chi connectivity index (χ2n) is 7.20. The van der Waals surface area contributed by atoms with Crippen LogP contribution in [0.15, 0.2) is 47.5 Å². The summed E-state index contributed by atoms with van der Waals surface area (Å²) in [6.07, 6.45) is 2.50. The van der Waals surface area contributed by atoms with Crippen molar-refractivity contribution in [2.24, 2.45) is 0 Å². The van der Waals surface area contributed by atoms with Crippen LogP contribution >= 0.6 is 0 Å². The number of aromatic nitrogens is 1. The third kappa shape index (κ3) is 3.85. The van der Waals surface area contributed by atoms with Gasteiger partial charge in [0.1, 0.15) is 10.7 Å². The number of sulfonamides is 1. The lowest BCUT2D eigenvalue weighted by molar-refractivity contribution is 0.0730. The molecule has 1 aromatic heterocycles. The van der Waals surface area contributed by atoms with Crippen molar-refractivity contribution < 1.29 is 13.2 Å². The van der Waals surface area contributed by atoms with Gasteiger partial charge in [0.25, 0.3) is 0 Å². The first kappa shape index (κ1) is 19.2. The molecule has 3 heterocycles. The lowest BCUT2D eigenvalue weighted by Gasteiger charge is -2.26. The average Bonchev–Trinajstić information content (AvgIpc) is 3.04. The van der Waals surface area contributed by atoms with Crippen molar-refractivity contribution in [3.8, 4) is 0 Å². The minimum atomic E-state index is -3.50. The summed E-state index contributed by atoms with van der Waals surface area (Å²) >= 11 is 0. The average molecular weight is 403 g/mol. The fourth-order valence-corrected chi connectivity index (χ4v) is 5.20. The number of hydrogen-bond acceptors (Lipinski definition) is 6. The minimum Gasteiger partial charge on any atom is -0.379 e. The Morgan fingerprint density at radius 1 is 1.18 bits per heavy atom. The molecule has 0 saturated carbocycles. The number of anilines is 2. The molecule has 1 aromatic carbocycles. The van der Waals surface area contributed by atoms with Crippen LogP contribution in [0, 0.1) is 0 Å². The molecule has 2 aliphatic rings. The van der Waals surface area contributed by atoms with Crippen molar-refractivity contribution in [2.45, 2.75) is 24.3 Å². The monoisotopic (exact) mass is 402 g/mol. The number of nitrogens with one attached hydrogen (secondary N) is 1. The van der Waals surface area contributed by atoms with Crippen molar-refractivity contribution in [2.75, 3.05) is 49.6 Å². The Bertz CT molecular complexity index is 911. The topological polar surface area (TPSA) is 74.8 Å². The van der Waals surface area contributed by atoms with Crippen LogP contribution in [0.2, 0.25) is 0 Å².